The second-order valence-corrected chi connectivity index (χ2v) is 3.51. The summed E-state index contributed by atoms with van der Waals surface area (Å²) in [6, 6.07) is 2.13. The van der Waals surface area contributed by atoms with E-state index >= 15 is 0 Å². The predicted octanol–water partition coefficient (Wildman–Crippen LogP) is 1.77. The molecule has 10 heavy (non-hydrogen) atoms. The topological polar surface area (TPSA) is 19.0 Å². The minimum Gasteiger partial charge on any atom is -0.373 e. The molecular weight excluding hydrogens is 192 g/mol. The lowest BCUT2D eigenvalue weighted by Crippen LogP contribution is -2.12. The van der Waals surface area contributed by atoms with E-state index < -0.39 is 0 Å². The van der Waals surface area contributed by atoms with Crippen LogP contribution in [0, 0.1) is 0 Å². The van der Waals surface area contributed by atoms with Crippen LogP contribution in [-0.4, -0.2) is 18.6 Å². The number of hydrogen-bond acceptors (Lipinski definition) is 1. The summed E-state index contributed by atoms with van der Waals surface area (Å²) in [4.78, 5) is 5.52. The zero-order valence-corrected chi connectivity index (χ0v) is 7.40. The Morgan fingerprint density at radius 3 is 3.20 bits per heavy atom. The van der Waals surface area contributed by atoms with Crippen LogP contribution < -0.4 is 4.90 Å². The normalized spacial score (nSPS) is 16.0. The highest BCUT2D eigenvalue weighted by molar-refractivity contribution is 9.10. The third-order valence-electron chi connectivity index (χ3n) is 1.95. The molecule has 0 radical (unpaired) electrons. The molecule has 0 spiro atoms. The van der Waals surface area contributed by atoms with Gasteiger partial charge in [0.15, 0.2) is 0 Å². The van der Waals surface area contributed by atoms with E-state index in [1.165, 1.54) is 11.4 Å². The maximum Gasteiger partial charge on any atom is 0.0843 e. The Kier molecular flexibility index (Phi) is 1.27. The lowest BCUT2D eigenvalue weighted by Gasteiger charge is -2.07. The highest BCUT2D eigenvalue weighted by Crippen LogP contribution is 2.29. The van der Waals surface area contributed by atoms with Crippen LogP contribution >= 0.6 is 15.9 Å². The molecule has 54 valence electrons. The van der Waals surface area contributed by atoms with Crippen molar-refractivity contribution >= 4 is 21.6 Å². The summed E-state index contributed by atoms with van der Waals surface area (Å²) in [7, 11) is 2.12. The van der Waals surface area contributed by atoms with E-state index in [4.69, 9.17) is 0 Å². The van der Waals surface area contributed by atoms with Gasteiger partial charge < -0.3 is 9.88 Å². The van der Waals surface area contributed by atoms with E-state index in [9.17, 15) is 0 Å². The largest absolute Gasteiger partial charge is 0.373 e. The van der Waals surface area contributed by atoms with Crippen LogP contribution in [0.2, 0.25) is 0 Å². The van der Waals surface area contributed by atoms with Gasteiger partial charge >= 0.3 is 0 Å². The third-order valence-corrected chi connectivity index (χ3v) is 2.38. The van der Waals surface area contributed by atoms with Crippen LogP contribution in [0.15, 0.2) is 10.7 Å². The molecule has 0 amide bonds. The number of rotatable bonds is 0. The number of nitrogens with one attached hydrogen (secondary N) is 1. The smallest absolute Gasteiger partial charge is 0.0843 e. The molecule has 0 fully saturated rings. The predicted molar refractivity (Wildman–Crippen MR) is 45.5 cm³/mol. The number of nitrogens with zero attached hydrogens (tertiary/aromatic N) is 1. The molecule has 1 aliphatic heterocycles. The SMILES string of the molecule is CN1CCc2[nH]c(Br)cc21. The van der Waals surface area contributed by atoms with E-state index in [2.05, 4.69) is 38.9 Å². The van der Waals surface area contributed by atoms with Gasteiger partial charge in [-0.1, -0.05) is 0 Å². The molecule has 1 aromatic rings. The number of anilines is 1. The Morgan fingerprint density at radius 1 is 1.70 bits per heavy atom. The van der Waals surface area contributed by atoms with E-state index in [0.717, 1.165) is 17.6 Å². The second-order valence-electron chi connectivity index (χ2n) is 2.65. The van der Waals surface area contributed by atoms with Crippen molar-refractivity contribution in [2.75, 3.05) is 18.5 Å². The molecule has 1 aromatic heterocycles. The Labute approximate surface area is 68.4 Å². The van der Waals surface area contributed by atoms with Crippen molar-refractivity contribution in [2.24, 2.45) is 0 Å². The number of halogens is 1. The van der Waals surface area contributed by atoms with E-state index in [0.29, 0.717) is 0 Å². The molecule has 1 aliphatic rings. The fourth-order valence-corrected chi connectivity index (χ4v) is 1.84. The maximum absolute atomic E-state index is 3.40. The average Bonchev–Trinajstić information content (AvgIpc) is 2.35. The number of fused-ring (bicyclic) bond motifs is 1. The quantitative estimate of drug-likeness (QED) is 0.677. The number of aromatic amines is 1. The molecule has 0 aromatic carbocycles. The summed E-state index contributed by atoms with van der Waals surface area (Å²) in [6.07, 6.45) is 1.15. The zero-order chi connectivity index (χ0) is 7.14. The first-order valence-electron chi connectivity index (χ1n) is 3.36. The molecule has 0 unspecified atom stereocenters. The number of aromatic nitrogens is 1. The zero-order valence-electron chi connectivity index (χ0n) is 5.82. The Hall–Kier alpha value is -0.440. The van der Waals surface area contributed by atoms with E-state index in [1.54, 1.807) is 0 Å². The van der Waals surface area contributed by atoms with E-state index in [1.807, 2.05) is 0 Å². The average molecular weight is 201 g/mol. The van der Waals surface area contributed by atoms with Gasteiger partial charge in [-0.25, -0.2) is 0 Å². The van der Waals surface area contributed by atoms with Gasteiger partial charge in [0.05, 0.1) is 10.3 Å². The number of likely N-dealkylation sites (N-methyl/N-ethyl adjacent to an activating group) is 1. The minimum atomic E-state index is 1.09. The molecule has 2 heterocycles. The lowest BCUT2D eigenvalue weighted by molar-refractivity contribution is 0.934. The Morgan fingerprint density at radius 2 is 2.50 bits per heavy atom. The van der Waals surface area contributed by atoms with Crippen molar-refractivity contribution in [1.82, 2.24) is 4.98 Å². The molecule has 2 nitrogen and oxygen atoms in total. The van der Waals surface area contributed by atoms with Gasteiger partial charge in [0.25, 0.3) is 0 Å². The fourth-order valence-electron chi connectivity index (χ4n) is 1.38. The molecule has 1 N–H and O–H groups in total. The van der Waals surface area contributed by atoms with Crippen LogP contribution in [0.25, 0.3) is 0 Å². The Bertz CT molecular complexity index is 254. The van der Waals surface area contributed by atoms with Crippen molar-refractivity contribution < 1.29 is 0 Å². The third kappa shape index (κ3) is 0.770. The monoisotopic (exact) mass is 200 g/mol. The van der Waals surface area contributed by atoms with Crippen LogP contribution in [-0.2, 0) is 6.42 Å². The minimum absolute atomic E-state index is 1.09. The Balaban J connectivity index is 2.49. The van der Waals surface area contributed by atoms with Gasteiger partial charge in [-0.05, 0) is 22.0 Å². The summed E-state index contributed by atoms with van der Waals surface area (Å²) in [6.45, 7) is 1.15. The maximum atomic E-state index is 3.40. The number of hydrogen-bond donors (Lipinski definition) is 1. The van der Waals surface area contributed by atoms with Crippen molar-refractivity contribution in [3.05, 3.63) is 16.4 Å². The van der Waals surface area contributed by atoms with Crippen molar-refractivity contribution in [2.45, 2.75) is 6.42 Å². The van der Waals surface area contributed by atoms with Gasteiger partial charge in [0, 0.05) is 25.7 Å². The molecule has 0 bridgehead atoms. The molecule has 0 aliphatic carbocycles. The van der Waals surface area contributed by atoms with Crippen LogP contribution in [0.1, 0.15) is 5.69 Å². The number of H-pyrrole nitrogens is 1. The van der Waals surface area contributed by atoms with Crippen molar-refractivity contribution in [3.8, 4) is 0 Å². The van der Waals surface area contributed by atoms with Crippen molar-refractivity contribution in [1.29, 1.82) is 0 Å². The molecule has 0 atom stereocenters. The molecule has 2 rings (SSSR count). The molecule has 0 saturated heterocycles. The molecular formula is C7H9BrN2. The summed E-state index contributed by atoms with van der Waals surface area (Å²) < 4.78 is 1.09. The summed E-state index contributed by atoms with van der Waals surface area (Å²) in [5, 5.41) is 0. The molecule has 0 saturated carbocycles. The van der Waals surface area contributed by atoms with Gasteiger partial charge in [-0.15, -0.1) is 0 Å². The summed E-state index contributed by atoms with van der Waals surface area (Å²) >= 11 is 3.40. The van der Waals surface area contributed by atoms with Crippen molar-refractivity contribution in [3.63, 3.8) is 0 Å². The summed E-state index contributed by atoms with van der Waals surface area (Å²) in [5.74, 6) is 0. The van der Waals surface area contributed by atoms with Crippen LogP contribution in [0.4, 0.5) is 5.69 Å². The van der Waals surface area contributed by atoms with Gasteiger partial charge in [0.1, 0.15) is 0 Å². The highest BCUT2D eigenvalue weighted by atomic mass is 79.9. The standard InChI is InChI=1S/C7H9BrN2/c1-10-3-2-5-6(10)4-7(8)9-5/h4,9H,2-3H2,1H3. The first-order valence-corrected chi connectivity index (χ1v) is 4.15. The van der Waals surface area contributed by atoms with Crippen LogP contribution in [0.3, 0.4) is 0 Å². The van der Waals surface area contributed by atoms with E-state index in [-0.39, 0.29) is 0 Å². The fraction of sp³-hybridized carbons (Fsp3) is 0.429. The van der Waals surface area contributed by atoms with Gasteiger partial charge in [0.2, 0.25) is 0 Å². The second kappa shape index (κ2) is 2.02. The van der Waals surface area contributed by atoms with Gasteiger partial charge in [-0.2, -0.15) is 0 Å². The summed E-state index contributed by atoms with van der Waals surface area (Å²) in [5.41, 5.74) is 2.70. The lowest BCUT2D eigenvalue weighted by atomic mass is 10.3. The first-order chi connectivity index (χ1) is 4.77. The highest BCUT2D eigenvalue weighted by Gasteiger charge is 2.17. The van der Waals surface area contributed by atoms with Crippen LogP contribution in [0.5, 0.6) is 0 Å². The molecule has 3 heteroatoms. The van der Waals surface area contributed by atoms with Gasteiger partial charge in [-0.3, -0.25) is 0 Å². The first kappa shape index (κ1) is 6.28.